The third kappa shape index (κ3) is 0.982. The van der Waals surface area contributed by atoms with E-state index in [1.54, 1.807) is 7.05 Å². The second-order valence-corrected chi connectivity index (χ2v) is 3.60. The lowest BCUT2D eigenvalue weighted by Gasteiger charge is -2.39. The molecule has 2 atom stereocenters. The minimum atomic E-state index is -0.572. The fourth-order valence-electron chi connectivity index (χ4n) is 2.06. The number of fused-ring (bicyclic) bond motifs is 1. The molecule has 2 aliphatic heterocycles. The molecule has 0 aliphatic carbocycles. The molecule has 0 radical (unpaired) electrons. The molecule has 4 heteroatoms. The molecule has 0 aromatic carbocycles. The molecular weight excluding hydrogens is 156 g/mol. The minimum absolute atomic E-state index is 0.0174. The first-order chi connectivity index (χ1) is 5.70. The van der Waals surface area contributed by atoms with Crippen molar-refractivity contribution in [3.8, 4) is 0 Å². The highest BCUT2D eigenvalue weighted by molar-refractivity contribution is 5.75. The van der Waals surface area contributed by atoms with Gasteiger partial charge in [0.1, 0.15) is 6.23 Å². The highest BCUT2D eigenvalue weighted by Gasteiger charge is 2.38. The van der Waals surface area contributed by atoms with Crippen molar-refractivity contribution in [3.05, 3.63) is 0 Å². The molecule has 2 fully saturated rings. The molecule has 2 heterocycles. The van der Waals surface area contributed by atoms with E-state index in [0.717, 1.165) is 19.4 Å². The van der Waals surface area contributed by atoms with E-state index in [1.807, 2.05) is 4.90 Å². The summed E-state index contributed by atoms with van der Waals surface area (Å²) in [5, 5.41) is 9.47. The van der Waals surface area contributed by atoms with Crippen LogP contribution in [0.15, 0.2) is 0 Å². The molecule has 2 aliphatic rings. The van der Waals surface area contributed by atoms with E-state index in [1.165, 1.54) is 4.90 Å². The molecule has 2 saturated heterocycles. The van der Waals surface area contributed by atoms with Gasteiger partial charge in [0.05, 0.1) is 0 Å². The number of hydrogen-bond acceptors (Lipinski definition) is 2. The van der Waals surface area contributed by atoms with Gasteiger partial charge in [-0.2, -0.15) is 0 Å². The predicted octanol–water partition coefficient (Wildman–Crippen LogP) is 0.225. The van der Waals surface area contributed by atoms with Crippen LogP contribution in [0.5, 0.6) is 0 Å². The first-order valence-corrected chi connectivity index (χ1v) is 4.41. The van der Waals surface area contributed by atoms with Crippen molar-refractivity contribution < 1.29 is 9.90 Å². The van der Waals surface area contributed by atoms with Crippen molar-refractivity contribution in [1.29, 1.82) is 0 Å². The molecule has 1 N–H and O–H groups in total. The number of aliphatic hydroxyl groups excluding tert-OH is 1. The van der Waals surface area contributed by atoms with Crippen LogP contribution in [-0.4, -0.2) is 46.8 Å². The van der Waals surface area contributed by atoms with Crippen LogP contribution >= 0.6 is 0 Å². The van der Waals surface area contributed by atoms with Gasteiger partial charge in [0.25, 0.3) is 0 Å². The average Bonchev–Trinajstić information content (AvgIpc) is 2.48. The monoisotopic (exact) mass is 170 g/mol. The number of nitrogens with zero attached hydrogens (tertiary/aromatic N) is 2. The SMILES string of the molecule is CN1C(=O)N2CCCC2CC1O. The van der Waals surface area contributed by atoms with Crippen LogP contribution in [-0.2, 0) is 0 Å². The molecule has 0 aromatic heterocycles. The van der Waals surface area contributed by atoms with E-state index < -0.39 is 6.23 Å². The summed E-state index contributed by atoms with van der Waals surface area (Å²) in [5.74, 6) is 0. The Bertz CT molecular complexity index is 207. The zero-order valence-electron chi connectivity index (χ0n) is 7.23. The predicted molar refractivity (Wildman–Crippen MR) is 43.5 cm³/mol. The zero-order chi connectivity index (χ0) is 8.72. The van der Waals surface area contributed by atoms with Gasteiger partial charge in [0.15, 0.2) is 0 Å². The van der Waals surface area contributed by atoms with Crippen LogP contribution in [0.4, 0.5) is 4.79 Å². The number of hydrogen-bond donors (Lipinski definition) is 1. The number of carbonyl (C=O) groups is 1. The van der Waals surface area contributed by atoms with Crippen LogP contribution < -0.4 is 0 Å². The van der Waals surface area contributed by atoms with E-state index in [4.69, 9.17) is 0 Å². The summed E-state index contributed by atoms with van der Waals surface area (Å²) in [6.45, 7) is 0.862. The Morgan fingerprint density at radius 3 is 3.08 bits per heavy atom. The van der Waals surface area contributed by atoms with Gasteiger partial charge in [-0.3, -0.25) is 0 Å². The summed E-state index contributed by atoms with van der Waals surface area (Å²) in [7, 11) is 1.65. The molecule has 0 aromatic rings. The molecule has 2 amide bonds. The van der Waals surface area contributed by atoms with Crippen molar-refractivity contribution in [2.24, 2.45) is 0 Å². The second-order valence-electron chi connectivity index (χ2n) is 3.60. The van der Waals surface area contributed by atoms with E-state index in [0.29, 0.717) is 12.5 Å². The average molecular weight is 170 g/mol. The Morgan fingerprint density at radius 2 is 2.33 bits per heavy atom. The van der Waals surface area contributed by atoms with E-state index >= 15 is 0 Å². The highest BCUT2D eigenvalue weighted by Crippen LogP contribution is 2.27. The molecule has 2 unspecified atom stereocenters. The zero-order valence-corrected chi connectivity index (χ0v) is 7.23. The van der Waals surface area contributed by atoms with Crippen molar-refractivity contribution in [1.82, 2.24) is 9.80 Å². The quantitative estimate of drug-likeness (QED) is 0.565. The Morgan fingerprint density at radius 1 is 1.58 bits per heavy atom. The lowest BCUT2D eigenvalue weighted by atomic mass is 10.1. The van der Waals surface area contributed by atoms with E-state index in [-0.39, 0.29) is 6.03 Å². The normalized spacial score (nSPS) is 35.7. The third-order valence-corrected chi connectivity index (χ3v) is 2.85. The highest BCUT2D eigenvalue weighted by atomic mass is 16.3. The van der Waals surface area contributed by atoms with Crippen molar-refractivity contribution in [2.75, 3.05) is 13.6 Å². The van der Waals surface area contributed by atoms with Crippen LogP contribution in [0.2, 0.25) is 0 Å². The minimum Gasteiger partial charge on any atom is -0.373 e. The smallest absolute Gasteiger partial charge is 0.322 e. The number of amides is 2. The molecule has 68 valence electrons. The van der Waals surface area contributed by atoms with Gasteiger partial charge in [-0.05, 0) is 12.8 Å². The van der Waals surface area contributed by atoms with Gasteiger partial charge in [-0.25, -0.2) is 4.79 Å². The van der Waals surface area contributed by atoms with Crippen LogP contribution in [0, 0.1) is 0 Å². The van der Waals surface area contributed by atoms with Gasteiger partial charge in [0.2, 0.25) is 0 Å². The standard InChI is InChI=1S/C8H14N2O2/c1-9-7(11)5-6-3-2-4-10(6)8(9)12/h6-7,11H,2-5H2,1H3. The number of urea groups is 1. The molecule has 0 spiro atoms. The maximum atomic E-state index is 11.5. The Labute approximate surface area is 71.8 Å². The summed E-state index contributed by atoms with van der Waals surface area (Å²) in [5.41, 5.74) is 0. The van der Waals surface area contributed by atoms with Crippen molar-refractivity contribution in [2.45, 2.75) is 31.5 Å². The Hall–Kier alpha value is -0.770. The Balaban J connectivity index is 2.16. The second kappa shape index (κ2) is 2.62. The molecule has 12 heavy (non-hydrogen) atoms. The van der Waals surface area contributed by atoms with E-state index in [2.05, 4.69) is 0 Å². The summed E-state index contributed by atoms with van der Waals surface area (Å²) >= 11 is 0. The lowest BCUT2D eigenvalue weighted by Crippen LogP contribution is -2.54. The molecule has 2 rings (SSSR count). The summed E-state index contributed by atoms with van der Waals surface area (Å²) in [6, 6.07) is 0.278. The molecule has 0 saturated carbocycles. The van der Waals surface area contributed by atoms with Gasteiger partial charge in [0, 0.05) is 26.1 Å². The third-order valence-electron chi connectivity index (χ3n) is 2.85. The van der Waals surface area contributed by atoms with Crippen LogP contribution in [0.1, 0.15) is 19.3 Å². The summed E-state index contributed by atoms with van der Waals surface area (Å²) in [6.07, 6.45) is 2.27. The lowest BCUT2D eigenvalue weighted by molar-refractivity contribution is -0.0143. The van der Waals surface area contributed by atoms with Gasteiger partial charge in [-0.1, -0.05) is 0 Å². The van der Waals surface area contributed by atoms with Gasteiger partial charge in [-0.15, -0.1) is 0 Å². The number of rotatable bonds is 0. The fraction of sp³-hybridized carbons (Fsp3) is 0.875. The number of carbonyl (C=O) groups excluding carboxylic acids is 1. The van der Waals surface area contributed by atoms with Gasteiger partial charge >= 0.3 is 6.03 Å². The topological polar surface area (TPSA) is 43.8 Å². The van der Waals surface area contributed by atoms with Crippen LogP contribution in [0.3, 0.4) is 0 Å². The molecule has 4 nitrogen and oxygen atoms in total. The maximum absolute atomic E-state index is 11.5. The molecule has 0 bridgehead atoms. The maximum Gasteiger partial charge on any atom is 0.322 e. The summed E-state index contributed by atoms with van der Waals surface area (Å²) in [4.78, 5) is 14.8. The largest absolute Gasteiger partial charge is 0.373 e. The summed E-state index contributed by atoms with van der Waals surface area (Å²) < 4.78 is 0. The molecular formula is C8H14N2O2. The van der Waals surface area contributed by atoms with E-state index in [9.17, 15) is 9.90 Å². The fourth-order valence-corrected chi connectivity index (χ4v) is 2.06. The van der Waals surface area contributed by atoms with Gasteiger partial charge < -0.3 is 14.9 Å². The Kier molecular flexibility index (Phi) is 1.72. The first kappa shape index (κ1) is 7.86. The van der Waals surface area contributed by atoms with Crippen LogP contribution in [0.25, 0.3) is 0 Å². The first-order valence-electron chi connectivity index (χ1n) is 4.41. The number of aliphatic hydroxyl groups is 1. The van der Waals surface area contributed by atoms with Crippen molar-refractivity contribution in [3.63, 3.8) is 0 Å². The van der Waals surface area contributed by atoms with Crippen molar-refractivity contribution >= 4 is 6.03 Å².